The zero-order valence-electron chi connectivity index (χ0n) is 13.4. The van der Waals surface area contributed by atoms with Crippen LogP contribution in [0.3, 0.4) is 0 Å². The molecule has 0 radical (unpaired) electrons. The van der Waals surface area contributed by atoms with Gasteiger partial charge in [0.15, 0.2) is 0 Å². The van der Waals surface area contributed by atoms with Gasteiger partial charge in [-0.3, -0.25) is 5.43 Å². The number of nitrogens with zero attached hydrogens (tertiary/aromatic N) is 1. The highest BCUT2D eigenvalue weighted by molar-refractivity contribution is 6.01. The SMILES string of the molecule is COc1ccc(/C(C)=N/Nc2ccccc2C(F)(F)F)c(OC)c1. The fourth-order valence-electron chi connectivity index (χ4n) is 2.13. The fraction of sp³-hybridized carbons (Fsp3) is 0.235. The van der Waals surface area contributed by atoms with Crippen molar-refractivity contribution in [3.63, 3.8) is 0 Å². The molecule has 4 nitrogen and oxygen atoms in total. The Labute approximate surface area is 137 Å². The number of benzene rings is 2. The van der Waals surface area contributed by atoms with Crippen molar-refractivity contribution >= 4 is 11.4 Å². The van der Waals surface area contributed by atoms with Crippen LogP contribution >= 0.6 is 0 Å². The topological polar surface area (TPSA) is 42.8 Å². The van der Waals surface area contributed by atoms with Gasteiger partial charge in [-0.1, -0.05) is 12.1 Å². The van der Waals surface area contributed by atoms with Crippen molar-refractivity contribution in [3.05, 3.63) is 53.6 Å². The maximum atomic E-state index is 13.0. The molecule has 0 unspecified atom stereocenters. The fourth-order valence-corrected chi connectivity index (χ4v) is 2.13. The predicted molar refractivity (Wildman–Crippen MR) is 86.8 cm³/mol. The van der Waals surface area contributed by atoms with E-state index >= 15 is 0 Å². The van der Waals surface area contributed by atoms with Crippen LogP contribution in [0.5, 0.6) is 11.5 Å². The Balaban J connectivity index is 2.31. The molecule has 0 aromatic heterocycles. The summed E-state index contributed by atoms with van der Waals surface area (Å²) in [6.45, 7) is 1.67. The van der Waals surface area contributed by atoms with Gasteiger partial charge in [-0.05, 0) is 31.2 Å². The quantitative estimate of drug-likeness (QED) is 0.642. The average Bonchev–Trinajstić information content (AvgIpc) is 2.58. The number of methoxy groups -OCH3 is 2. The highest BCUT2D eigenvalue weighted by Crippen LogP contribution is 2.34. The second-order valence-corrected chi connectivity index (χ2v) is 4.92. The number of para-hydroxylation sites is 1. The third-order valence-electron chi connectivity index (χ3n) is 3.38. The maximum absolute atomic E-state index is 13.0. The Morgan fingerprint density at radius 1 is 1.04 bits per heavy atom. The Bertz CT molecular complexity index is 743. The van der Waals surface area contributed by atoms with Crippen molar-refractivity contribution in [2.75, 3.05) is 19.6 Å². The van der Waals surface area contributed by atoms with Crippen LogP contribution in [-0.4, -0.2) is 19.9 Å². The molecule has 2 aromatic carbocycles. The predicted octanol–water partition coefficient (Wildman–Crippen LogP) is 4.56. The summed E-state index contributed by atoms with van der Waals surface area (Å²) in [4.78, 5) is 0. The summed E-state index contributed by atoms with van der Waals surface area (Å²) < 4.78 is 49.3. The first kappa shape index (κ1) is 17.7. The van der Waals surface area contributed by atoms with Crippen LogP contribution in [0.4, 0.5) is 18.9 Å². The molecule has 0 fully saturated rings. The first-order valence-corrected chi connectivity index (χ1v) is 7.05. The Hall–Kier alpha value is -2.70. The molecule has 0 aliphatic heterocycles. The number of anilines is 1. The van der Waals surface area contributed by atoms with E-state index in [0.717, 1.165) is 6.07 Å². The zero-order valence-corrected chi connectivity index (χ0v) is 13.4. The van der Waals surface area contributed by atoms with Crippen LogP contribution < -0.4 is 14.9 Å². The monoisotopic (exact) mass is 338 g/mol. The number of ether oxygens (including phenoxy) is 2. The van der Waals surface area contributed by atoms with Gasteiger partial charge in [0.1, 0.15) is 11.5 Å². The van der Waals surface area contributed by atoms with Gasteiger partial charge in [-0.2, -0.15) is 18.3 Å². The number of nitrogens with one attached hydrogen (secondary N) is 1. The minimum absolute atomic E-state index is 0.114. The van der Waals surface area contributed by atoms with Crippen LogP contribution in [-0.2, 0) is 6.18 Å². The lowest BCUT2D eigenvalue weighted by atomic mass is 10.1. The summed E-state index contributed by atoms with van der Waals surface area (Å²) in [6.07, 6.45) is -4.45. The second-order valence-electron chi connectivity index (χ2n) is 4.92. The minimum atomic E-state index is -4.45. The number of rotatable bonds is 5. The molecule has 0 amide bonds. The summed E-state index contributed by atoms with van der Waals surface area (Å²) in [5.41, 5.74) is 2.72. The molecule has 0 aliphatic rings. The van der Waals surface area contributed by atoms with E-state index in [1.165, 1.54) is 32.4 Å². The molecule has 0 spiro atoms. The molecule has 0 heterocycles. The number of alkyl halides is 3. The van der Waals surface area contributed by atoms with Crippen molar-refractivity contribution in [1.82, 2.24) is 0 Å². The number of hydrogen-bond donors (Lipinski definition) is 1. The molecular formula is C17H17F3N2O2. The van der Waals surface area contributed by atoms with E-state index in [1.54, 1.807) is 25.1 Å². The van der Waals surface area contributed by atoms with Crippen molar-refractivity contribution in [2.24, 2.45) is 5.10 Å². The van der Waals surface area contributed by atoms with Crippen LogP contribution in [0, 0.1) is 0 Å². The van der Waals surface area contributed by atoms with Crippen molar-refractivity contribution in [3.8, 4) is 11.5 Å². The average molecular weight is 338 g/mol. The smallest absolute Gasteiger partial charge is 0.418 e. The Morgan fingerprint density at radius 3 is 2.38 bits per heavy atom. The molecule has 0 saturated heterocycles. The maximum Gasteiger partial charge on any atom is 0.418 e. The van der Waals surface area contributed by atoms with Crippen LogP contribution in [0.25, 0.3) is 0 Å². The largest absolute Gasteiger partial charge is 0.497 e. The first-order valence-electron chi connectivity index (χ1n) is 7.05. The van der Waals surface area contributed by atoms with Crippen LogP contribution in [0.2, 0.25) is 0 Å². The third kappa shape index (κ3) is 3.98. The molecule has 0 atom stereocenters. The lowest BCUT2D eigenvalue weighted by Crippen LogP contribution is -2.09. The third-order valence-corrected chi connectivity index (χ3v) is 3.38. The van der Waals surface area contributed by atoms with Crippen LogP contribution in [0.15, 0.2) is 47.6 Å². The molecule has 2 rings (SSSR count). The van der Waals surface area contributed by atoms with Gasteiger partial charge in [0.2, 0.25) is 0 Å². The minimum Gasteiger partial charge on any atom is -0.497 e. The first-order chi connectivity index (χ1) is 11.4. The summed E-state index contributed by atoms with van der Waals surface area (Å²) in [5, 5.41) is 4.05. The van der Waals surface area contributed by atoms with E-state index in [9.17, 15) is 13.2 Å². The van der Waals surface area contributed by atoms with Gasteiger partial charge in [-0.25, -0.2) is 0 Å². The summed E-state index contributed by atoms with van der Waals surface area (Å²) in [7, 11) is 3.03. The van der Waals surface area contributed by atoms with Gasteiger partial charge in [0.25, 0.3) is 0 Å². The van der Waals surface area contributed by atoms with E-state index in [4.69, 9.17) is 9.47 Å². The summed E-state index contributed by atoms with van der Waals surface area (Å²) in [6, 6.07) is 10.3. The zero-order chi connectivity index (χ0) is 17.7. The molecule has 0 bridgehead atoms. The number of hydrogen-bond acceptors (Lipinski definition) is 4. The van der Waals surface area contributed by atoms with Gasteiger partial charge in [0.05, 0.1) is 31.2 Å². The number of hydrazone groups is 1. The molecule has 128 valence electrons. The molecule has 2 aromatic rings. The van der Waals surface area contributed by atoms with Gasteiger partial charge < -0.3 is 9.47 Å². The van der Waals surface area contributed by atoms with E-state index in [0.29, 0.717) is 22.8 Å². The van der Waals surface area contributed by atoms with Gasteiger partial charge in [-0.15, -0.1) is 0 Å². The van der Waals surface area contributed by atoms with E-state index < -0.39 is 11.7 Å². The normalized spacial score (nSPS) is 12.0. The Kier molecular flexibility index (Phi) is 5.33. The lowest BCUT2D eigenvalue weighted by molar-refractivity contribution is -0.136. The molecule has 0 aliphatic carbocycles. The van der Waals surface area contributed by atoms with Crippen LogP contribution in [0.1, 0.15) is 18.1 Å². The molecule has 0 saturated carbocycles. The van der Waals surface area contributed by atoms with Gasteiger partial charge in [0, 0.05) is 11.6 Å². The lowest BCUT2D eigenvalue weighted by Gasteiger charge is -2.13. The summed E-state index contributed by atoms with van der Waals surface area (Å²) in [5.74, 6) is 1.13. The van der Waals surface area contributed by atoms with E-state index in [-0.39, 0.29) is 5.69 Å². The highest BCUT2D eigenvalue weighted by Gasteiger charge is 2.33. The second kappa shape index (κ2) is 7.25. The molecule has 7 heteroatoms. The summed E-state index contributed by atoms with van der Waals surface area (Å²) >= 11 is 0. The molecule has 1 N–H and O–H groups in total. The van der Waals surface area contributed by atoms with Gasteiger partial charge >= 0.3 is 6.18 Å². The van der Waals surface area contributed by atoms with E-state index in [1.807, 2.05) is 0 Å². The standard InChI is InChI=1S/C17H17F3N2O2/c1-11(13-9-8-12(23-2)10-16(13)24-3)21-22-15-7-5-4-6-14(15)17(18,19)20/h4-10,22H,1-3H3/b21-11+. The van der Waals surface area contributed by atoms with Crippen molar-refractivity contribution < 1.29 is 22.6 Å². The number of halogens is 3. The van der Waals surface area contributed by atoms with Crippen molar-refractivity contribution in [1.29, 1.82) is 0 Å². The highest BCUT2D eigenvalue weighted by atomic mass is 19.4. The van der Waals surface area contributed by atoms with E-state index in [2.05, 4.69) is 10.5 Å². The molecule has 24 heavy (non-hydrogen) atoms. The Morgan fingerprint density at radius 2 is 1.75 bits per heavy atom. The van der Waals surface area contributed by atoms with Crippen molar-refractivity contribution in [2.45, 2.75) is 13.1 Å². The molecular weight excluding hydrogens is 321 g/mol.